The van der Waals surface area contributed by atoms with E-state index in [2.05, 4.69) is 20.6 Å². The minimum absolute atomic E-state index is 0.213. The number of para-hydroxylation sites is 1. The second-order valence-electron chi connectivity index (χ2n) is 5.26. The van der Waals surface area contributed by atoms with Gasteiger partial charge < -0.3 is 10.3 Å². The molecule has 0 saturated carbocycles. The molecule has 112 valence electrons. The molecular weight excluding hydrogens is 288 g/mol. The molecular formula is C18H14N4O. The predicted molar refractivity (Wildman–Crippen MR) is 91.9 cm³/mol. The number of H-pyrrole nitrogens is 1. The average molecular weight is 302 g/mol. The van der Waals surface area contributed by atoms with E-state index in [0.29, 0.717) is 11.7 Å². The number of aromatic amines is 1. The molecule has 0 radical (unpaired) electrons. The monoisotopic (exact) mass is 302 g/mol. The quantitative estimate of drug-likeness (QED) is 0.637. The number of aromatic nitrogens is 1. The summed E-state index contributed by atoms with van der Waals surface area (Å²) < 4.78 is 0. The highest BCUT2D eigenvalue weighted by Gasteiger charge is 2.19. The summed E-state index contributed by atoms with van der Waals surface area (Å²) in [6.45, 7) is 0. The maximum atomic E-state index is 12.1. The molecule has 0 saturated heterocycles. The molecule has 2 heterocycles. The lowest BCUT2D eigenvalue weighted by Crippen LogP contribution is -2.29. The zero-order valence-electron chi connectivity index (χ0n) is 12.2. The Labute approximate surface area is 132 Å². The lowest BCUT2D eigenvalue weighted by molar-refractivity contribution is -0.115. The molecule has 0 fully saturated rings. The van der Waals surface area contributed by atoms with E-state index in [1.165, 1.54) is 0 Å². The summed E-state index contributed by atoms with van der Waals surface area (Å²) >= 11 is 0. The molecule has 1 amide bonds. The van der Waals surface area contributed by atoms with Gasteiger partial charge in [-0.1, -0.05) is 30.3 Å². The summed E-state index contributed by atoms with van der Waals surface area (Å²) in [7, 11) is 0. The summed E-state index contributed by atoms with van der Waals surface area (Å²) in [5, 5.41) is 6.95. The van der Waals surface area contributed by atoms with E-state index < -0.39 is 0 Å². The van der Waals surface area contributed by atoms with Gasteiger partial charge in [0, 0.05) is 17.4 Å². The van der Waals surface area contributed by atoms with Crippen molar-refractivity contribution in [1.82, 2.24) is 10.3 Å². The van der Waals surface area contributed by atoms with Crippen LogP contribution in [-0.4, -0.2) is 16.9 Å². The van der Waals surface area contributed by atoms with Crippen LogP contribution in [-0.2, 0) is 4.79 Å². The number of carbonyl (C=O) groups is 1. The number of nitrogens with zero attached hydrogens (tertiary/aromatic N) is 1. The largest absolute Gasteiger partial charge is 0.361 e. The molecule has 0 spiro atoms. The number of aliphatic imine (C=N–C) groups is 1. The van der Waals surface area contributed by atoms with E-state index >= 15 is 0 Å². The molecule has 1 aliphatic heterocycles. The third-order valence-corrected chi connectivity index (χ3v) is 3.62. The minimum Gasteiger partial charge on any atom is -0.361 e. The third kappa shape index (κ3) is 2.72. The number of hydrogen-bond donors (Lipinski definition) is 3. The van der Waals surface area contributed by atoms with E-state index in [1.54, 1.807) is 6.08 Å². The highest BCUT2D eigenvalue weighted by Crippen LogP contribution is 2.18. The highest BCUT2D eigenvalue weighted by atomic mass is 16.2. The molecule has 3 aromatic rings. The molecule has 1 aromatic heterocycles. The van der Waals surface area contributed by atoms with Gasteiger partial charge in [0.1, 0.15) is 5.70 Å². The first-order chi connectivity index (χ1) is 11.3. The molecule has 23 heavy (non-hydrogen) atoms. The van der Waals surface area contributed by atoms with Crippen LogP contribution in [0.1, 0.15) is 5.56 Å². The SMILES string of the molecule is O=C1NC(Nc2ccccc2)=N/C1=C\c1ccc2cc[nH]c2c1. The molecule has 5 nitrogen and oxygen atoms in total. The number of fused-ring (bicyclic) bond motifs is 1. The van der Waals surface area contributed by atoms with Crippen LogP contribution < -0.4 is 10.6 Å². The number of carbonyl (C=O) groups excluding carboxylic acids is 1. The lowest BCUT2D eigenvalue weighted by Gasteiger charge is -2.03. The third-order valence-electron chi connectivity index (χ3n) is 3.62. The fourth-order valence-corrected chi connectivity index (χ4v) is 2.50. The molecule has 3 N–H and O–H groups in total. The molecule has 0 aliphatic carbocycles. The molecule has 0 unspecified atom stereocenters. The van der Waals surface area contributed by atoms with Crippen LogP contribution in [0, 0.1) is 0 Å². The topological polar surface area (TPSA) is 69.3 Å². The van der Waals surface area contributed by atoms with Gasteiger partial charge >= 0.3 is 0 Å². The van der Waals surface area contributed by atoms with E-state index in [4.69, 9.17) is 0 Å². The van der Waals surface area contributed by atoms with Crippen LogP contribution in [0.5, 0.6) is 0 Å². The van der Waals surface area contributed by atoms with Crippen molar-refractivity contribution in [3.63, 3.8) is 0 Å². The molecule has 5 heteroatoms. The fraction of sp³-hybridized carbons (Fsp3) is 0. The molecule has 1 aliphatic rings. The van der Waals surface area contributed by atoms with Crippen molar-refractivity contribution in [2.75, 3.05) is 5.32 Å². The van der Waals surface area contributed by atoms with Gasteiger partial charge in [-0.3, -0.25) is 10.1 Å². The first kappa shape index (κ1) is 13.3. The molecule has 0 atom stereocenters. The van der Waals surface area contributed by atoms with Crippen molar-refractivity contribution >= 4 is 34.5 Å². The highest BCUT2D eigenvalue weighted by molar-refractivity contribution is 6.17. The number of hydrogen-bond acceptors (Lipinski definition) is 3. The van der Waals surface area contributed by atoms with Crippen molar-refractivity contribution < 1.29 is 4.79 Å². The second-order valence-corrected chi connectivity index (χ2v) is 5.26. The standard InChI is InChI=1S/C18H14N4O/c23-17-16(11-12-6-7-13-8-9-19-15(13)10-12)21-18(22-17)20-14-4-2-1-3-5-14/h1-11,19H,(H2,20,21,22,23)/b16-11-. The number of guanidine groups is 1. The summed E-state index contributed by atoms with van der Waals surface area (Å²) in [5.74, 6) is 0.225. The van der Waals surface area contributed by atoms with E-state index in [9.17, 15) is 4.79 Å². The van der Waals surface area contributed by atoms with Gasteiger partial charge in [-0.25, -0.2) is 4.99 Å². The zero-order chi connectivity index (χ0) is 15.6. The van der Waals surface area contributed by atoms with E-state index in [-0.39, 0.29) is 5.91 Å². The number of benzene rings is 2. The number of nitrogens with one attached hydrogen (secondary N) is 3. The Kier molecular flexibility index (Phi) is 3.16. The number of rotatable bonds is 2. The van der Waals surface area contributed by atoms with Crippen LogP contribution in [0.3, 0.4) is 0 Å². The Bertz CT molecular complexity index is 938. The Balaban J connectivity index is 1.61. The minimum atomic E-state index is -0.213. The van der Waals surface area contributed by atoms with Gasteiger partial charge in [0.15, 0.2) is 0 Å². The van der Waals surface area contributed by atoms with Crippen molar-refractivity contribution in [3.8, 4) is 0 Å². The van der Waals surface area contributed by atoms with Crippen LogP contribution >= 0.6 is 0 Å². The first-order valence-corrected chi connectivity index (χ1v) is 7.29. The van der Waals surface area contributed by atoms with Crippen LogP contribution in [0.15, 0.2) is 71.5 Å². The summed E-state index contributed by atoms with van der Waals surface area (Å²) in [6, 6.07) is 17.6. The van der Waals surface area contributed by atoms with Crippen LogP contribution in [0.4, 0.5) is 5.69 Å². The fourth-order valence-electron chi connectivity index (χ4n) is 2.50. The van der Waals surface area contributed by atoms with Crippen LogP contribution in [0.25, 0.3) is 17.0 Å². The maximum absolute atomic E-state index is 12.1. The maximum Gasteiger partial charge on any atom is 0.276 e. The van der Waals surface area contributed by atoms with Gasteiger partial charge in [-0.05, 0) is 41.3 Å². The molecule has 2 aromatic carbocycles. The summed E-state index contributed by atoms with van der Waals surface area (Å²) in [6.07, 6.45) is 3.67. The van der Waals surface area contributed by atoms with Gasteiger partial charge in [0.25, 0.3) is 5.91 Å². The average Bonchev–Trinajstić information content (AvgIpc) is 3.15. The Morgan fingerprint density at radius 2 is 1.91 bits per heavy atom. The van der Waals surface area contributed by atoms with Gasteiger partial charge in [-0.2, -0.15) is 0 Å². The normalized spacial score (nSPS) is 15.7. The Morgan fingerprint density at radius 3 is 2.78 bits per heavy atom. The van der Waals surface area contributed by atoms with Crippen molar-refractivity contribution in [2.45, 2.75) is 0 Å². The van der Waals surface area contributed by atoms with Gasteiger partial charge in [-0.15, -0.1) is 0 Å². The molecule has 0 bridgehead atoms. The zero-order valence-corrected chi connectivity index (χ0v) is 12.2. The van der Waals surface area contributed by atoms with Gasteiger partial charge in [0.2, 0.25) is 5.96 Å². The van der Waals surface area contributed by atoms with Gasteiger partial charge in [0.05, 0.1) is 0 Å². The number of anilines is 1. The second kappa shape index (κ2) is 5.46. The summed E-state index contributed by atoms with van der Waals surface area (Å²) in [4.78, 5) is 19.5. The summed E-state index contributed by atoms with van der Waals surface area (Å²) in [5.41, 5.74) is 3.22. The van der Waals surface area contributed by atoms with E-state index in [1.807, 2.05) is 60.8 Å². The smallest absolute Gasteiger partial charge is 0.276 e. The van der Waals surface area contributed by atoms with E-state index in [0.717, 1.165) is 22.2 Å². The molecule has 4 rings (SSSR count). The van der Waals surface area contributed by atoms with Crippen LogP contribution in [0.2, 0.25) is 0 Å². The Morgan fingerprint density at radius 1 is 1.04 bits per heavy atom. The van der Waals surface area contributed by atoms with Crippen molar-refractivity contribution in [1.29, 1.82) is 0 Å². The van der Waals surface area contributed by atoms with Crippen molar-refractivity contribution in [2.24, 2.45) is 4.99 Å². The number of amides is 1. The lowest BCUT2D eigenvalue weighted by atomic mass is 10.1. The first-order valence-electron chi connectivity index (χ1n) is 7.29. The van der Waals surface area contributed by atoms with Crippen molar-refractivity contribution in [3.05, 3.63) is 72.1 Å². The predicted octanol–water partition coefficient (Wildman–Crippen LogP) is 3.11. The Hall–Kier alpha value is -3.34.